The first-order chi connectivity index (χ1) is 13.5. The smallest absolute Gasteiger partial charge is 0.363 e. The summed E-state index contributed by atoms with van der Waals surface area (Å²) in [5, 5.41) is 23.4. The predicted octanol–water partition coefficient (Wildman–Crippen LogP) is 3.91. The maximum atomic E-state index is 11.7. The molecule has 1 saturated heterocycles. The summed E-state index contributed by atoms with van der Waals surface area (Å²) >= 11 is 7.44. The number of hydrogen-bond donors (Lipinski definition) is 1. The highest BCUT2D eigenvalue weighted by Gasteiger charge is 2.31. The molecule has 2 heterocycles. The number of hydrogen-bond acceptors (Lipinski definition) is 8. The van der Waals surface area contributed by atoms with Gasteiger partial charge >= 0.3 is 5.82 Å². The minimum absolute atomic E-state index is 0.180. The summed E-state index contributed by atoms with van der Waals surface area (Å²) in [5.41, 5.74) is 2.78. The zero-order valence-electron chi connectivity index (χ0n) is 15.9. The number of rotatable bonds is 7. The molecule has 2 aliphatic heterocycles. The molecule has 0 spiro atoms. The molecular formula is C18H23ClN6O2S. The Morgan fingerprint density at radius 1 is 1.43 bits per heavy atom. The van der Waals surface area contributed by atoms with Crippen LogP contribution in [-0.2, 0) is 12.8 Å². The van der Waals surface area contributed by atoms with Gasteiger partial charge in [0.25, 0.3) is 0 Å². The number of halogens is 1. The van der Waals surface area contributed by atoms with E-state index in [1.165, 1.54) is 11.8 Å². The Balaban J connectivity index is 1.88. The Bertz CT molecular complexity index is 819. The monoisotopic (exact) mass is 422 g/mol. The van der Waals surface area contributed by atoms with Gasteiger partial charge in [-0.2, -0.15) is 0 Å². The van der Waals surface area contributed by atoms with Gasteiger partial charge in [0.1, 0.15) is 5.69 Å². The number of nitrogens with one attached hydrogen (secondary N) is 1. The molecule has 0 radical (unpaired) electrons. The third-order valence-corrected chi connectivity index (χ3v) is 6.03. The number of thioether (sulfide) groups is 1. The van der Waals surface area contributed by atoms with Gasteiger partial charge in [-0.3, -0.25) is 4.99 Å². The second kappa shape index (κ2) is 9.38. The molecule has 0 aliphatic carbocycles. The molecule has 0 saturated carbocycles. The van der Waals surface area contributed by atoms with E-state index in [2.05, 4.69) is 20.5 Å². The number of aryl methyl sites for hydroxylation is 2. The molecule has 0 bridgehead atoms. The van der Waals surface area contributed by atoms with Crippen LogP contribution in [0.2, 0.25) is 0 Å². The minimum Gasteiger partial charge on any atom is -0.363 e. The van der Waals surface area contributed by atoms with Crippen molar-refractivity contribution in [2.45, 2.75) is 31.9 Å². The lowest BCUT2D eigenvalue weighted by molar-refractivity contribution is -0.429. The van der Waals surface area contributed by atoms with Crippen LogP contribution in [0.15, 0.2) is 45.1 Å². The largest absolute Gasteiger partial charge is 0.430 e. The summed E-state index contributed by atoms with van der Waals surface area (Å²) in [6.07, 6.45) is 1.58. The van der Waals surface area contributed by atoms with Crippen LogP contribution in [0, 0.1) is 10.1 Å². The highest BCUT2D eigenvalue weighted by atomic mass is 35.5. The SMILES string of the molecule is CCc1cccc(CC)c1/N=N/C(=C1/NCCN1CC1CN=C(Cl)S1)[N+](=O)[O-]. The van der Waals surface area contributed by atoms with Gasteiger partial charge in [-0.15, -0.1) is 0 Å². The van der Waals surface area contributed by atoms with Gasteiger partial charge in [0.05, 0.1) is 11.7 Å². The van der Waals surface area contributed by atoms with Crippen LogP contribution in [0.1, 0.15) is 25.0 Å². The van der Waals surface area contributed by atoms with Crippen molar-refractivity contribution in [3.05, 3.63) is 51.1 Å². The molecule has 28 heavy (non-hydrogen) atoms. The highest BCUT2D eigenvalue weighted by Crippen LogP contribution is 2.29. The van der Waals surface area contributed by atoms with E-state index in [4.69, 9.17) is 11.6 Å². The molecule has 3 rings (SSSR count). The summed E-state index contributed by atoms with van der Waals surface area (Å²) in [7, 11) is 0. The molecule has 10 heteroatoms. The van der Waals surface area contributed by atoms with Crippen molar-refractivity contribution in [2.24, 2.45) is 15.2 Å². The van der Waals surface area contributed by atoms with Gasteiger partial charge < -0.3 is 20.3 Å². The van der Waals surface area contributed by atoms with Gasteiger partial charge in [-0.05, 0) is 34.0 Å². The summed E-state index contributed by atoms with van der Waals surface area (Å²) in [5.74, 6) is 0.143. The number of azo groups is 1. The molecule has 1 aromatic rings. The molecule has 150 valence electrons. The average molecular weight is 423 g/mol. The summed E-state index contributed by atoms with van der Waals surface area (Å²) in [6, 6.07) is 5.94. The number of nitrogens with zero attached hydrogens (tertiary/aromatic N) is 5. The van der Waals surface area contributed by atoms with Crippen molar-refractivity contribution in [1.29, 1.82) is 0 Å². The number of nitro groups is 1. The first kappa shape index (κ1) is 20.6. The van der Waals surface area contributed by atoms with Gasteiger partial charge in [0, 0.05) is 24.9 Å². The second-order valence-corrected chi connectivity index (χ2v) is 8.34. The average Bonchev–Trinajstić information content (AvgIpc) is 3.31. The lowest BCUT2D eigenvalue weighted by Gasteiger charge is -2.20. The van der Waals surface area contributed by atoms with E-state index in [0.717, 1.165) is 29.7 Å². The Morgan fingerprint density at radius 2 is 2.14 bits per heavy atom. The Labute approximate surface area is 173 Å². The maximum absolute atomic E-state index is 11.7. The molecule has 1 aromatic carbocycles. The van der Waals surface area contributed by atoms with E-state index in [1.807, 2.05) is 36.9 Å². The fraction of sp³-hybridized carbons (Fsp3) is 0.500. The van der Waals surface area contributed by atoms with Crippen LogP contribution in [0.4, 0.5) is 5.69 Å². The summed E-state index contributed by atoms with van der Waals surface area (Å²) in [4.78, 5) is 17.4. The standard InChI is InChI=1S/C18H23ClN6O2S/c1-3-12-6-5-7-13(4-2)15(12)22-23-17(25(26)27)16-20-8-9-24(16)11-14-10-21-18(19)28-14/h5-7,14,20H,3-4,8-11H2,1-2H3/b17-16+,23-22+. The molecule has 0 amide bonds. The minimum atomic E-state index is -0.477. The third kappa shape index (κ3) is 4.64. The van der Waals surface area contributed by atoms with E-state index in [-0.39, 0.29) is 11.1 Å². The Morgan fingerprint density at radius 3 is 2.71 bits per heavy atom. The van der Waals surface area contributed by atoms with Crippen LogP contribution in [0.3, 0.4) is 0 Å². The Hall–Kier alpha value is -2.13. The molecule has 1 atom stereocenters. The van der Waals surface area contributed by atoms with Crippen molar-refractivity contribution in [3.63, 3.8) is 0 Å². The van der Waals surface area contributed by atoms with Gasteiger partial charge in [0.2, 0.25) is 5.82 Å². The topological polar surface area (TPSA) is 95.5 Å². The van der Waals surface area contributed by atoms with Crippen molar-refractivity contribution in [3.8, 4) is 0 Å². The van der Waals surface area contributed by atoms with Crippen LogP contribution in [0.25, 0.3) is 0 Å². The van der Waals surface area contributed by atoms with Crippen LogP contribution in [-0.4, -0.2) is 45.8 Å². The normalized spacial score (nSPS) is 21.2. The van der Waals surface area contributed by atoms with Crippen molar-refractivity contribution in [1.82, 2.24) is 10.2 Å². The quantitative estimate of drug-likeness (QED) is 0.408. The summed E-state index contributed by atoms with van der Waals surface area (Å²) in [6.45, 7) is 6.60. The lowest BCUT2D eigenvalue weighted by atomic mass is 10.0. The van der Waals surface area contributed by atoms with E-state index >= 15 is 0 Å². The predicted molar refractivity (Wildman–Crippen MR) is 113 cm³/mol. The molecular weight excluding hydrogens is 400 g/mol. The van der Waals surface area contributed by atoms with Crippen LogP contribution >= 0.6 is 23.4 Å². The van der Waals surface area contributed by atoms with Gasteiger partial charge in [0.15, 0.2) is 4.50 Å². The molecule has 1 N–H and O–H groups in total. The van der Waals surface area contributed by atoms with Crippen LogP contribution < -0.4 is 5.32 Å². The van der Waals surface area contributed by atoms with Crippen LogP contribution in [0.5, 0.6) is 0 Å². The highest BCUT2D eigenvalue weighted by molar-refractivity contribution is 8.17. The molecule has 8 nitrogen and oxygen atoms in total. The Kier molecular flexibility index (Phi) is 6.90. The summed E-state index contributed by atoms with van der Waals surface area (Å²) < 4.78 is 0.542. The van der Waals surface area contributed by atoms with E-state index in [9.17, 15) is 10.1 Å². The zero-order valence-corrected chi connectivity index (χ0v) is 17.5. The first-order valence-corrected chi connectivity index (χ1v) is 10.6. The maximum Gasteiger partial charge on any atom is 0.430 e. The molecule has 1 fully saturated rings. The van der Waals surface area contributed by atoms with Gasteiger partial charge in [-0.25, -0.2) is 0 Å². The fourth-order valence-electron chi connectivity index (χ4n) is 3.27. The van der Waals surface area contributed by atoms with Crippen molar-refractivity contribution < 1.29 is 4.92 Å². The first-order valence-electron chi connectivity index (χ1n) is 9.30. The van der Waals surface area contributed by atoms with Gasteiger partial charge in [-0.1, -0.05) is 55.4 Å². The second-order valence-electron chi connectivity index (χ2n) is 6.47. The van der Waals surface area contributed by atoms with E-state index in [1.54, 1.807) is 0 Å². The van der Waals surface area contributed by atoms with Crippen molar-refractivity contribution >= 4 is 33.6 Å². The zero-order chi connectivity index (χ0) is 20.1. The fourth-order valence-corrected chi connectivity index (χ4v) is 4.55. The van der Waals surface area contributed by atoms with E-state index in [0.29, 0.717) is 36.5 Å². The lowest BCUT2D eigenvalue weighted by Crippen LogP contribution is -2.30. The van der Waals surface area contributed by atoms with Crippen molar-refractivity contribution in [2.75, 3.05) is 26.2 Å². The van der Waals surface area contributed by atoms with E-state index < -0.39 is 4.92 Å². The molecule has 2 aliphatic rings. The molecule has 0 aromatic heterocycles. The third-order valence-electron chi connectivity index (χ3n) is 4.69. The number of benzene rings is 1. The number of aliphatic imine (C=N–C) groups is 1. The molecule has 1 unspecified atom stereocenters.